The van der Waals surface area contributed by atoms with E-state index in [1.54, 1.807) is 0 Å². The molecule has 0 amide bonds. The Kier molecular flexibility index (Phi) is 5.85. The minimum Gasteiger partial charge on any atom is -0.398 e. The van der Waals surface area contributed by atoms with Crippen LogP contribution in [0.25, 0.3) is 0 Å². The first-order valence-corrected chi connectivity index (χ1v) is 7.39. The average molecular weight is 300 g/mol. The summed E-state index contributed by atoms with van der Waals surface area (Å²) in [5.74, 6) is 2.53. The van der Waals surface area contributed by atoms with Gasteiger partial charge in [0.25, 0.3) is 0 Å². The van der Waals surface area contributed by atoms with Gasteiger partial charge in [-0.15, -0.1) is 6.42 Å². The summed E-state index contributed by atoms with van der Waals surface area (Å²) in [4.78, 5) is 0. The van der Waals surface area contributed by atoms with Gasteiger partial charge in [0.1, 0.15) is 0 Å². The van der Waals surface area contributed by atoms with Gasteiger partial charge in [-0.1, -0.05) is 60.5 Å². The Balaban J connectivity index is 0.000000203. The Hall–Kier alpha value is -3.18. The summed E-state index contributed by atoms with van der Waals surface area (Å²) in [5.41, 5.74) is 16.6. The van der Waals surface area contributed by atoms with Gasteiger partial charge < -0.3 is 11.5 Å². The molecule has 0 saturated carbocycles. The summed E-state index contributed by atoms with van der Waals surface area (Å²) in [6.07, 6.45) is 5.89. The Morgan fingerprint density at radius 1 is 0.652 bits per heavy atom. The third-order valence-corrected chi connectivity index (χ3v) is 3.43. The molecular formula is C21H20N2. The number of hydrogen-bond acceptors (Lipinski definition) is 2. The molecule has 0 aromatic heterocycles. The van der Waals surface area contributed by atoms with Crippen LogP contribution in [-0.2, 0) is 6.42 Å². The predicted molar refractivity (Wildman–Crippen MR) is 98.9 cm³/mol. The van der Waals surface area contributed by atoms with Crippen LogP contribution >= 0.6 is 0 Å². The molecule has 0 unspecified atom stereocenters. The number of terminal acetylenes is 1. The SMILES string of the molecule is C#Cc1ccccc1.Nc1ccccc1Cc1ccccc1N. The van der Waals surface area contributed by atoms with Crippen LogP contribution in [0.15, 0.2) is 78.9 Å². The first kappa shape index (κ1) is 16.2. The number of para-hydroxylation sites is 2. The highest BCUT2D eigenvalue weighted by molar-refractivity contribution is 5.53. The zero-order chi connectivity index (χ0) is 16.5. The van der Waals surface area contributed by atoms with Gasteiger partial charge in [0.05, 0.1) is 0 Å². The van der Waals surface area contributed by atoms with Gasteiger partial charge >= 0.3 is 0 Å². The molecule has 0 radical (unpaired) electrons. The molecule has 114 valence electrons. The molecule has 2 nitrogen and oxygen atoms in total. The van der Waals surface area contributed by atoms with Gasteiger partial charge in [0.2, 0.25) is 0 Å². The predicted octanol–water partition coefficient (Wildman–Crippen LogP) is 4.11. The van der Waals surface area contributed by atoms with E-state index in [9.17, 15) is 0 Å². The molecule has 4 N–H and O–H groups in total. The Labute approximate surface area is 137 Å². The maximum Gasteiger partial charge on any atom is 0.0349 e. The van der Waals surface area contributed by atoms with Crippen LogP contribution in [0.2, 0.25) is 0 Å². The van der Waals surface area contributed by atoms with E-state index < -0.39 is 0 Å². The van der Waals surface area contributed by atoms with Crippen molar-refractivity contribution in [1.29, 1.82) is 0 Å². The minimum absolute atomic E-state index is 0.791. The lowest BCUT2D eigenvalue weighted by molar-refractivity contribution is 1.20. The summed E-state index contributed by atoms with van der Waals surface area (Å²) < 4.78 is 0. The number of nitrogen functional groups attached to an aromatic ring is 2. The molecular weight excluding hydrogens is 280 g/mol. The van der Waals surface area contributed by atoms with Crippen LogP contribution in [0.1, 0.15) is 16.7 Å². The highest BCUT2D eigenvalue weighted by atomic mass is 14.6. The number of rotatable bonds is 2. The first-order chi connectivity index (χ1) is 11.2. The second-order valence-electron chi connectivity index (χ2n) is 5.08. The van der Waals surface area contributed by atoms with E-state index in [-0.39, 0.29) is 0 Å². The van der Waals surface area contributed by atoms with E-state index in [1.807, 2.05) is 78.9 Å². The second-order valence-corrected chi connectivity index (χ2v) is 5.08. The Morgan fingerprint density at radius 3 is 1.48 bits per heavy atom. The molecule has 0 saturated heterocycles. The fraction of sp³-hybridized carbons (Fsp3) is 0.0476. The van der Waals surface area contributed by atoms with E-state index in [2.05, 4.69) is 5.92 Å². The quantitative estimate of drug-likeness (QED) is 0.553. The molecule has 0 aliphatic heterocycles. The molecule has 0 spiro atoms. The van der Waals surface area contributed by atoms with Crippen molar-refractivity contribution in [3.05, 3.63) is 95.6 Å². The lowest BCUT2D eigenvalue weighted by Crippen LogP contribution is -1.98. The molecule has 0 bridgehead atoms. The molecule has 3 rings (SSSR count). The number of benzene rings is 3. The normalized spacial score (nSPS) is 9.35. The van der Waals surface area contributed by atoms with Crippen LogP contribution in [0, 0.1) is 12.3 Å². The van der Waals surface area contributed by atoms with Gasteiger partial charge in [0, 0.05) is 23.4 Å². The third kappa shape index (κ3) is 4.94. The lowest BCUT2D eigenvalue weighted by atomic mass is 10.0. The van der Waals surface area contributed by atoms with Gasteiger partial charge in [-0.2, -0.15) is 0 Å². The summed E-state index contributed by atoms with van der Waals surface area (Å²) in [5, 5.41) is 0. The highest BCUT2D eigenvalue weighted by Crippen LogP contribution is 2.19. The second kappa shape index (κ2) is 8.31. The molecule has 0 aliphatic rings. The lowest BCUT2D eigenvalue weighted by Gasteiger charge is -2.07. The summed E-state index contributed by atoms with van der Waals surface area (Å²) in [6.45, 7) is 0. The van der Waals surface area contributed by atoms with Crippen molar-refractivity contribution < 1.29 is 0 Å². The molecule has 0 fully saturated rings. The van der Waals surface area contributed by atoms with Crippen molar-refractivity contribution in [2.75, 3.05) is 11.5 Å². The van der Waals surface area contributed by atoms with E-state index >= 15 is 0 Å². The highest BCUT2D eigenvalue weighted by Gasteiger charge is 2.02. The maximum absolute atomic E-state index is 5.88. The fourth-order valence-corrected chi connectivity index (χ4v) is 2.13. The van der Waals surface area contributed by atoms with E-state index in [4.69, 9.17) is 17.9 Å². The number of anilines is 2. The van der Waals surface area contributed by atoms with Gasteiger partial charge in [0.15, 0.2) is 0 Å². The molecule has 0 aliphatic carbocycles. The topological polar surface area (TPSA) is 52.0 Å². The molecule has 0 heterocycles. The average Bonchev–Trinajstić information content (AvgIpc) is 2.60. The molecule has 0 atom stereocenters. The van der Waals surface area contributed by atoms with Crippen molar-refractivity contribution in [2.45, 2.75) is 6.42 Å². The molecule has 3 aromatic carbocycles. The van der Waals surface area contributed by atoms with Crippen LogP contribution in [-0.4, -0.2) is 0 Å². The van der Waals surface area contributed by atoms with Crippen LogP contribution in [0.3, 0.4) is 0 Å². The third-order valence-electron chi connectivity index (χ3n) is 3.43. The van der Waals surface area contributed by atoms with E-state index in [0.717, 1.165) is 34.5 Å². The summed E-state index contributed by atoms with van der Waals surface area (Å²) in [6, 6.07) is 25.3. The van der Waals surface area contributed by atoms with E-state index in [0.29, 0.717) is 0 Å². The maximum atomic E-state index is 5.88. The smallest absolute Gasteiger partial charge is 0.0349 e. The van der Waals surface area contributed by atoms with Crippen molar-refractivity contribution in [3.63, 3.8) is 0 Å². The first-order valence-electron chi connectivity index (χ1n) is 7.39. The standard InChI is InChI=1S/C13H14N2.C8H6/c14-12-7-3-1-5-10(12)9-11-6-2-4-8-13(11)15;1-2-8-6-4-3-5-7-8/h1-8H,9,14-15H2;1,3-7H. The zero-order valence-electron chi connectivity index (χ0n) is 12.9. The largest absolute Gasteiger partial charge is 0.398 e. The van der Waals surface area contributed by atoms with E-state index in [1.165, 1.54) is 0 Å². The van der Waals surface area contributed by atoms with Gasteiger partial charge in [-0.3, -0.25) is 0 Å². The van der Waals surface area contributed by atoms with Crippen LogP contribution in [0.5, 0.6) is 0 Å². The van der Waals surface area contributed by atoms with Crippen LogP contribution < -0.4 is 11.5 Å². The number of hydrogen-bond donors (Lipinski definition) is 2. The van der Waals surface area contributed by atoms with Crippen molar-refractivity contribution in [3.8, 4) is 12.3 Å². The minimum atomic E-state index is 0.791. The van der Waals surface area contributed by atoms with Crippen molar-refractivity contribution in [2.24, 2.45) is 0 Å². The van der Waals surface area contributed by atoms with Gasteiger partial charge in [-0.25, -0.2) is 0 Å². The fourth-order valence-electron chi connectivity index (χ4n) is 2.13. The summed E-state index contributed by atoms with van der Waals surface area (Å²) >= 11 is 0. The van der Waals surface area contributed by atoms with Crippen LogP contribution in [0.4, 0.5) is 11.4 Å². The summed E-state index contributed by atoms with van der Waals surface area (Å²) in [7, 11) is 0. The monoisotopic (exact) mass is 300 g/mol. The van der Waals surface area contributed by atoms with Gasteiger partial charge in [-0.05, 0) is 35.4 Å². The number of nitrogens with two attached hydrogens (primary N) is 2. The Morgan fingerprint density at radius 2 is 1.09 bits per heavy atom. The molecule has 23 heavy (non-hydrogen) atoms. The Bertz CT molecular complexity index is 743. The van der Waals surface area contributed by atoms with Crippen molar-refractivity contribution in [1.82, 2.24) is 0 Å². The molecule has 3 aromatic rings. The molecule has 2 heteroatoms. The zero-order valence-corrected chi connectivity index (χ0v) is 12.9. The van der Waals surface area contributed by atoms with Crippen molar-refractivity contribution >= 4 is 11.4 Å².